The maximum Gasteiger partial charge on any atom is 0.243 e. The molecule has 3 aromatic carbocycles. The van der Waals surface area contributed by atoms with Crippen molar-refractivity contribution in [3.8, 4) is 5.75 Å². The molecule has 1 atom stereocenters. The van der Waals surface area contributed by atoms with Gasteiger partial charge in [-0.2, -0.15) is 0 Å². The van der Waals surface area contributed by atoms with Crippen molar-refractivity contribution < 1.29 is 14.3 Å². The Labute approximate surface area is 213 Å². The minimum atomic E-state index is -0.693. The third-order valence-electron chi connectivity index (χ3n) is 5.53. The zero-order chi connectivity index (χ0) is 25.4. The number of carbonyl (C=O) groups excluding carboxylic acids is 2. The highest BCUT2D eigenvalue weighted by atomic mass is 35.5. The third kappa shape index (κ3) is 8.15. The highest BCUT2D eigenvalue weighted by molar-refractivity contribution is 6.30. The Hall–Kier alpha value is -3.31. The number of amides is 2. The average Bonchev–Trinajstić information content (AvgIpc) is 2.81. The number of hydrogen-bond acceptors (Lipinski definition) is 3. The van der Waals surface area contributed by atoms with Crippen molar-refractivity contribution in [2.45, 2.75) is 51.7 Å². The first-order chi connectivity index (χ1) is 16.6. The third-order valence-corrected chi connectivity index (χ3v) is 5.76. The number of hydrogen-bond donors (Lipinski definition) is 1. The molecule has 0 saturated carbocycles. The van der Waals surface area contributed by atoms with Crippen LogP contribution in [0.4, 0.5) is 0 Å². The van der Waals surface area contributed by atoms with E-state index in [2.05, 4.69) is 5.32 Å². The molecule has 3 rings (SSSR count). The monoisotopic (exact) mass is 492 g/mol. The predicted octanol–water partition coefficient (Wildman–Crippen LogP) is 5.45. The molecule has 1 unspecified atom stereocenters. The molecule has 1 N–H and O–H groups in total. The van der Waals surface area contributed by atoms with Crippen LogP contribution in [0.5, 0.6) is 5.75 Å². The Morgan fingerprint density at radius 1 is 0.914 bits per heavy atom. The first kappa shape index (κ1) is 26.3. The van der Waals surface area contributed by atoms with Gasteiger partial charge in [0, 0.05) is 23.5 Å². The molecule has 5 nitrogen and oxygen atoms in total. The van der Waals surface area contributed by atoms with Gasteiger partial charge in [-0.15, -0.1) is 0 Å². The summed E-state index contributed by atoms with van der Waals surface area (Å²) < 4.78 is 5.23. The Kier molecular flexibility index (Phi) is 8.94. The van der Waals surface area contributed by atoms with Crippen molar-refractivity contribution in [1.82, 2.24) is 10.2 Å². The van der Waals surface area contributed by atoms with Crippen LogP contribution in [0.3, 0.4) is 0 Å². The SMILES string of the molecule is COc1ccc(CC(=O)N(Cc2cccc(Cl)c2)C(Cc2ccccc2)C(=O)NC(C)(C)C)cc1. The zero-order valence-corrected chi connectivity index (χ0v) is 21.5. The molecule has 3 aromatic rings. The van der Waals surface area contributed by atoms with Crippen LogP contribution in [0.1, 0.15) is 37.5 Å². The summed E-state index contributed by atoms with van der Waals surface area (Å²) in [6.45, 7) is 6.07. The van der Waals surface area contributed by atoms with E-state index in [1.165, 1.54) is 0 Å². The van der Waals surface area contributed by atoms with Crippen LogP contribution in [0.2, 0.25) is 5.02 Å². The summed E-state index contributed by atoms with van der Waals surface area (Å²) in [5.74, 6) is 0.398. The van der Waals surface area contributed by atoms with Gasteiger partial charge in [0.2, 0.25) is 11.8 Å². The number of nitrogens with zero attached hydrogens (tertiary/aromatic N) is 1. The van der Waals surface area contributed by atoms with Crippen molar-refractivity contribution >= 4 is 23.4 Å². The molecule has 0 spiro atoms. The lowest BCUT2D eigenvalue weighted by molar-refractivity contribution is -0.141. The van der Waals surface area contributed by atoms with E-state index in [4.69, 9.17) is 16.3 Å². The van der Waals surface area contributed by atoms with Gasteiger partial charge < -0.3 is 15.0 Å². The van der Waals surface area contributed by atoms with Gasteiger partial charge >= 0.3 is 0 Å². The van der Waals surface area contributed by atoms with Crippen LogP contribution in [-0.2, 0) is 29.0 Å². The van der Waals surface area contributed by atoms with Crippen LogP contribution in [0, 0.1) is 0 Å². The largest absolute Gasteiger partial charge is 0.497 e. The standard InChI is InChI=1S/C29H33ClN2O3/c1-29(2,3)31-28(34)26(18-21-9-6-5-7-10-21)32(20-23-11-8-12-24(30)17-23)27(33)19-22-13-15-25(35-4)16-14-22/h5-17,26H,18-20H2,1-4H3,(H,31,34). The van der Waals surface area contributed by atoms with Crippen molar-refractivity contribution in [2.24, 2.45) is 0 Å². The van der Waals surface area contributed by atoms with Crippen molar-refractivity contribution in [3.05, 3.63) is 101 Å². The van der Waals surface area contributed by atoms with Gasteiger partial charge in [0.1, 0.15) is 11.8 Å². The molecule has 0 saturated heterocycles. The van der Waals surface area contributed by atoms with Crippen LogP contribution >= 0.6 is 11.6 Å². The molecule has 0 fully saturated rings. The molecule has 6 heteroatoms. The Morgan fingerprint density at radius 2 is 1.57 bits per heavy atom. The first-order valence-corrected chi connectivity index (χ1v) is 12.1. The molecular formula is C29H33ClN2O3. The summed E-state index contributed by atoms with van der Waals surface area (Å²) in [4.78, 5) is 29.0. The van der Waals surface area contributed by atoms with Gasteiger partial charge in [-0.25, -0.2) is 0 Å². The lowest BCUT2D eigenvalue weighted by atomic mass is 10.00. The van der Waals surface area contributed by atoms with Crippen LogP contribution in [0.15, 0.2) is 78.9 Å². The topological polar surface area (TPSA) is 58.6 Å². The molecule has 0 radical (unpaired) electrons. The normalized spacial score (nSPS) is 12.0. The maximum atomic E-state index is 13.7. The molecule has 0 heterocycles. The minimum Gasteiger partial charge on any atom is -0.497 e. The summed E-state index contributed by atoms with van der Waals surface area (Å²) in [5, 5.41) is 3.66. The number of nitrogens with one attached hydrogen (secondary N) is 1. The van der Waals surface area contributed by atoms with E-state index >= 15 is 0 Å². The van der Waals surface area contributed by atoms with E-state index in [-0.39, 0.29) is 24.8 Å². The molecule has 0 aromatic heterocycles. The number of methoxy groups -OCH3 is 1. The quantitative estimate of drug-likeness (QED) is 0.432. The Morgan fingerprint density at radius 3 is 2.17 bits per heavy atom. The van der Waals surface area contributed by atoms with E-state index in [0.717, 1.165) is 22.4 Å². The van der Waals surface area contributed by atoms with Crippen molar-refractivity contribution in [3.63, 3.8) is 0 Å². The van der Waals surface area contributed by atoms with Gasteiger partial charge in [0.05, 0.1) is 13.5 Å². The average molecular weight is 493 g/mol. The van der Waals surface area contributed by atoms with E-state index in [9.17, 15) is 9.59 Å². The fourth-order valence-corrected chi connectivity index (χ4v) is 4.07. The van der Waals surface area contributed by atoms with Gasteiger partial charge in [0.25, 0.3) is 0 Å². The fraction of sp³-hybridized carbons (Fsp3) is 0.310. The maximum absolute atomic E-state index is 13.7. The molecule has 184 valence electrons. The molecule has 35 heavy (non-hydrogen) atoms. The lowest BCUT2D eigenvalue weighted by Crippen LogP contribution is -2.54. The van der Waals surface area contributed by atoms with E-state index < -0.39 is 11.6 Å². The first-order valence-electron chi connectivity index (χ1n) is 11.7. The molecule has 0 aliphatic heterocycles. The minimum absolute atomic E-state index is 0.139. The molecule has 2 amide bonds. The number of halogens is 1. The van der Waals surface area contributed by atoms with Gasteiger partial charge in [-0.05, 0) is 61.7 Å². The van der Waals surface area contributed by atoms with Gasteiger partial charge in [0.15, 0.2) is 0 Å². The van der Waals surface area contributed by atoms with Crippen LogP contribution < -0.4 is 10.1 Å². The number of benzene rings is 3. The number of ether oxygens (including phenoxy) is 1. The van der Waals surface area contributed by atoms with E-state index in [1.807, 2.05) is 93.6 Å². The Bertz CT molecular complexity index is 1120. The summed E-state index contributed by atoms with van der Waals surface area (Å²) >= 11 is 6.23. The highest BCUT2D eigenvalue weighted by Crippen LogP contribution is 2.20. The second-order valence-electron chi connectivity index (χ2n) is 9.62. The predicted molar refractivity (Wildman–Crippen MR) is 141 cm³/mol. The second-order valence-corrected chi connectivity index (χ2v) is 10.1. The lowest BCUT2D eigenvalue weighted by Gasteiger charge is -2.34. The van der Waals surface area contributed by atoms with Crippen molar-refractivity contribution in [1.29, 1.82) is 0 Å². The highest BCUT2D eigenvalue weighted by Gasteiger charge is 2.32. The Balaban J connectivity index is 1.97. The fourth-order valence-electron chi connectivity index (χ4n) is 3.86. The van der Waals surface area contributed by atoms with Crippen LogP contribution in [-0.4, -0.2) is 35.4 Å². The smallest absolute Gasteiger partial charge is 0.243 e. The second kappa shape index (κ2) is 11.9. The number of carbonyl (C=O) groups is 2. The van der Waals surface area contributed by atoms with Crippen molar-refractivity contribution in [2.75, 3.05) is 7.11 Å². The summed E-state index contributed by atoms with van der Waals surface area (Å²) in [7, 11) is 1.61. The van der Waals surface area contributed by atoms with E-state index in [1.54, 1.807) is 18.1 Å². The van der Waals surface area contributed by atoms with Gasteiger partial charge in [-0.3, -0.25) is 9.59 Å². The molecule has 0 aliphatic rings. The molecule has 0 aliphatic carbocycles. The zero-order valence-electron chi connectivity index (χ0n) is 20.8. The van der Waals surface area contributed by atoms with Crippen LogP contribution in [0.25, 0.3) is 0 Å². The van der Waals surface area contributed by atoms with Gasteiger partial charge in [-0.1, -0.05) is 66.2 Å². The summed E-state index contributed by atoms with van der Waals surface area (Å²) in [5.41, 5.74) is 2.26. The number of rotatable bonds is 9. The molecule has 0 bridgehead atoms. The van der Waals surface area contributed by atoms with E-state index in [0.29, 0.717) is 11.4 Å². The summed E-state index contributed by atoms with van der Waals surface area (Å²) in [6.07, 6.45) is 0.566. The molecular weight excluding hydrogens is 460 g/mol. The summed E-state index contributed by atoms with van der Waals surface area (Å²) in [6, 6.07) is 23.9.